The van der Waals surface area contributed by atoms with Crippen molar-refractivity contribution in [3.05, 3.63) is 27.2 Å². The first kappa shape index (κ1) is 19.6. The van der Waals surface area contributed by atoms with Crippen molar-refractivity contribution in [1.82, 2.24) is 10.2 Å². The minimum absolute atomic E-state index is 0.142. The van der Waals surface area contributed by atoms with Crippen LogP contribution in [0.5, 0.6) is 5.75 Å². The summed E-state index contributed by atoms with van der Waals surface area (Å²) in [6, 6.07) is 2.98. The maximum Gasteiger partial charge on any atom is 0.258 e. The zero-order valence-corrected chi connectivity index (χ0v) is 16.0. The molecule has 0 unspecified atom stereocenters. The van der Waals surface area contributed by atoms with E-state index in [4.69, 9.17) is 44.3 Å². The Labute approximate surface area is 157 Å². The predicted molar refractivity (Wildman–Crippen MR) is 96.4 cm³/mol. The van der Waals surface area contributed by atoms with Crippen LogP contribution in [0.15, 0.2) is 12.1 Å². The zero-order chi connectivity index (χ0) is 17.7. The molecular weight excluding hydrogens is 375 g/mol. The molecule has 0 radical (unpaired) electrons. The highest BCUT2D eigenvalue weighted by Gasteiger charge is 2.28. The molecule has 0 atom stereocenters. The highest BCUT2D eigenvalue weighted by molar-refractivity contribution is 6.43. The van der Waals surface area contributed by atoms with E-state index in [9.17, 15) is 4.79 Å². The number of nitrogens with zero attached hydrogens (tertiary/aromatic N) is 1. The van der Waals surface area contributed by atoms with Crippen LogP contribution in [-0.2, 0) is 9.53 Å². The number of halogens is 3. The van der Waals surface area contributed by atoms with Crippen LogP contribution >= 0.6 is 34.8 Å². The SMILES string of the molecule is CC(C)(CNC(=O)COc1cc(Cl)c(Cl)cc1Cl)N1CCOCC1. The fourth-order valence-corrected chi connectivity index (χ4v) is 3.00. The van der Waals surface area contributed by atoms with Crippen molar-refractivity contribution in [2.24, 2.45) is 0 Å². The summed E-state index contributed by atoms with van der Waals surface area (Å²) < 4.78 is 10.8. The van der Waals surface area contributed by atoms with Crippen molar-refractivity contribution in [2.75, 3.05) is 39.5 Å². The molecule has 1 saturated heterocycles. The number of rotatable bonds is 6. The molecule has 0 saturated carbocycles. The van der Waals surface area contributed by atoms with E-state index in [0.29, 0.717) is 27.4 Å². The second-order valence-electron chi connectivity index (χ2n) is 6.17. The Morgan fingerprint density at radius 1 is 1.21 bits per heavy atom. The molecular formula is C16H21Cl3N2O3. The molecule has 1 amide bonds. The molecule has 1 aliphatic rings. The van der Waals surface area contributed by atoms with E-state index in [2.05, 4.69) is 24.1 Å². The predicted octanol–water partition coefficient (Wildman–Crippen LogP) is 3.25. The summed E-state index contributed by atoms with van der Waals surface area (Å²) in [5.74, 6) is 0.104. The smallest absolute Gasteiger partial charge is 0.258 e. The molecule has 1 aromatic carbocycles. The Bertz CT molecular complexity index is 590. The molecule has 0 spiro atoms. The van der Waals surface area contributed by atoms with Crippen LogP contribution < -0.4 is 10.1 Å². The number of amides is 1. The maximum absolute atomic E-state index is 12.0. The third kappa shape index (κ3) is 5.39. The van der Waals surface area contributed by atoms with Gasteiger partial charge in [0.25, 0.3) is 5.91 Å². The average Bonchev–Trinajstić information content (AvgIpc) is 2.56. The summed E-state index contributed by atoms with van der Waals surface area (Å²) in [6.45, 7) is 7.72. The van der Waals surface area contributed by atoms with E-state index in [1.54, 1.807) is 0 Å². The molecule has 0 bridgehead atoms. The number of carbonyl (C=O) groups excluding carboxylic acids is 1. The summed E-state index contributed by atoms with van der Waals surface area (Å²) in [5.41, 5.74) is -0.152. The van der Waals surface area contributed by atoms with Gasteiger partial charge in [0, 0.05) is 31.2 Å². The zero-order valence-electron chi connectivity index (χ0n) is 13.7. The van der Waals surface area contributed by atoms with Crippen LogP contribution in [-0.4, -0.2) is 55.8 Å². The van der Waals surface area contributed by atoms with Gasteiger partial charge in [0.1, 0.15) is 5.75 Å². The molecule has 1 aromatic rings. The number of hydrogen-bond acceptors (Lipinski definition) is 4. The van der Waals surface area contributed by atoms with E-state index >= 15 is 0 Å². The monoisotopic (exact) mass is 394 g/mol. The fourth-order valence-electron chi connectivity index (χ4n) is 2.40. The topological polar surface area (TPSA) is 50.8 Å². The van der Waals surface area contributed by atoms with Gasteiger partial charge in [-0.1, -0.05) is 34.8 Å². The van der Waals surface area contributed by atoms with E-state index in [-0.39, 0.29) is 18.1 Å². The number of benzene rings is 1. The van der Waals surface area contributed by atoms with Crippen LogP contribution in [0.1, 0.15) is 13.8 Å². The average molecular weight is 396 g/mol. The molecule has 1 heterocycles. The van der Waals surface area contributed by atoms with Crippen LogP contribution in [0.3, 0.4) is 0 Å². The highest BCUT2D eigenvalue weighted by atomic mass is 35.5. The third-order valence-electron chi connectivity index (χ3n) is 3.92. The number of nitrogens with one attached hydrogen (secondary N) is 1. The second-order valence-corrected chi connectivity index (χ2v) is 7.40. The molecule has 1 N–H and O–H groups in total. The lowest BCUT2D eigenvalue weighted by Crippen LogP contribution is -2.55. The second kappa shape index (κ2) is 8.59. The van der Waals surface area contributed by atoms with Gasteiger partial charge in [0.05, 0.1) is 28.3 Å². The summed E-state index contributed by atoms with van der Waals surface area (Å²) >= 11 is 17.8. The quantitative estimate of drug-likeness (QED) is 0.751. The van der Waals surface area contributed by atoms with Crippen molar-refractivity contribution >= 4 is 40.7 Å². The van der Waals surface area contributed by atoms with Gasteiger partial charge in [-0.25, -0.2) is 0 Å². The standard InChI is InChI=1S/C16H21Cl3N2O3/c1-16(2,21-3-5-23-6-4-21)10-20-15(22)9-24-14-8-12(18)11(17)7-13(14)19/h7-8H,3-6,9-10H2,1-2H3,(H,20,22). The minimum Gasteiger partial charge on any atom is -0.482 e. The largest absolute Gasteiger partial charge is 0.482 e. The molecule has 0 aromatic heterocycles. The van der Waals surface area contributed by atoms with E-state index in [1.165, 1.54) is 12.1 Å². The van der Waals surface area contributed by atoms with Crippen LogP contribution in [0, 0.1) is 0 Å². The fraction of sp³-hybridized carbons (Fsp3) is 0.562. The minimum atomic E-state index is -0.224. The van der Waals surface area contributed by atoms with Crippen molar-refractivity contribution in [2.45, 2.75) is 19.4 Å². The van der Waals surface area contributed by atoms with Gasteiger partial charge in [-0.2, -0.15) is 0 Å². The maximum atomic E-state index is 12.0. The van der Waals surface area contributed by atoms with Gasteiger partial charge >= 0.3 is 0 Å². The lowest BCUT2D eigenvalue weighted by atomic mass is 10.0. The Morgan fingerprint density at radius 2 is 1.83 bits per heavy atom. The highest BCUT2D eigenvalue weighted by Crippen LogP contribution is 2.33. The van der Waals surface area contributed by atoms with Crippen molar-refractivity contribution in [3.8, 4) is 5.75 Å². The first-order valence-corrected chi connectivity index (χ1v) is 8.80. The lowest BCUT2D eigenvalue weighted by molar-refractivity contribution is -0.123. The molecule has 24 heavy (non-hydrogen) atoms. The van der Waals surface area contributed by atoms with Crippen molar-refractivity contribution in [3.63, 3.8) is 0 Å². The van der Waals surface area contributed by atoms with Gasteiger partial charge < -0.3 is 14.8 Å². The van der Waals surface area contributed by atoms with Gasteiger partial charge in [-0.15, -0.1) is 0 Å². The Hall–Kier alpha value is -0.720. The van der Waals surface area contributed by atoms with Crippen LogP contribution in [0.2, 0.25) is 15.1 Å². The summed E-state index contributed by atoms with van der Waals surface area (Å²) in [4.78, 5) is 14.3. The Morgan fingerprint density at radius 3 is 2.50 bits per heavy atom. The summed E-state index contributed by atoms with van der Waals surface area (Å²) in [7, 11) is 0. The molecule has 1 aliphatic heterocycles. The molecule has 0 aliphatic carbocycles. The van der Waals surface area contributed by atoms with Crippen LogP contribution in [0.4, 0.5) is 0 Å². The van der Waals surface area contributed by atoms with E-state index in [1.807, 2.05) is 0 Å². The first-order valence-electron chi connectivity index (χ1n) is 7.66. The number of ether oxygens (including phenoxy) is 2. The Balaban J connectivity index is 1.82. The molecule has 5 nitrogen and oxygen atoms in total. The third-order valence-corrected chi connectivity index (χ3v) is 4.94. The summed E-state index contributed by atoms with van der Waals surface area (Å²) in [5, 5.41) is 3.86. The van der Waals surface area contributed by atoms with E-state index in [0.717, 1.165) is 26.3 Å². The van der Waals surface area contributed by atoms with Crippen molar-refractivity contribution < 1.29 is 14.3 Å². The van der Waals surface area contributed by atoms with Gasteiger partial charge in [-0.05, 0) is 19.9 Å². The van der Waals surface area contributed by atoms with Gasteiger partial charge in [0.2, 0.25) is 0 Å². The number of hydrogen-bond donors (Lipinski definition) is 1. The van der Waals surface area contributed by atoms with Gasteiger partial charge in [-0.3, -0.25) is 9.69 Å². The normalized spacial score (nSPS) is 16.0. The lowest BCUT2D eigenvalue weighted by Gasteiger charge is -2.40. The molecule has 2 rings (SSSR count). The van der Waals surface area contributed by atoms with Gasteiger partial charge in [0.15, 0.2) is 6.61 Å². The molecule has 1 fully saturated rings. The first-order chi connectivity index (χ1) is 11.3. The molecule has 134 valence electrons. The van der Waals surface area contributed by atoms with Crippen molar-refractivity contribution in [1.29, 1.82) is 0 Å². The summed E-state index contributed by atoms with van der Waals surface area (Å²) in [6.07, 6.45) is 0. The van der Waals surface area contributed by atoms with Crippen LogP contribution in [0.25, 0.3) is 0 Å². The Kier molecular flexibility index (Phi) is 7.01. The number of morpholine rings is 1. The number of carbonyl (C=O) groups is 1. The molecule has 8 heteroatoms. The van der Waals surface area contributed by atoms with E-state index < -0.39 is 0 Å².